The molecule has 2 aliphatic rings. The molecule has 3 amide bonds. The number of hydrogen-bond donors (Lipinski definition) is 1. The van der Waals surface area contributed by atoms with Crippen LogP contribution in [0.2, 0.25) is 5.02 Å². The molecule has 0 aromatic heterocycles. The number of para-hydroxylation sites is 1. The van der Waals surface area contributed by atoms with E-state index in [4.69, 9.17) is 11.6 Å². The van der Waals surface area contributed by atoms with Gasteiger partial charge in [0.1, 0.15) is 0 Å². The van der Waals surface area contributed by atoms with E-state index in [0.717, 1.165) is 4.47 Å². The van der Waals surface area contributed by atoms with Crippen LogP contribution in [0.25, 0.3) is 0 Å². The van der Waals surface area contributed by atoms with Gasteiger partial charge < -0.3 is 10.2 Å². The third-order valence-electron chi connectivity index (χ3n) is 5.08. The second-order valence-electron chi connectivity index (χ2n) is 6.51. The summed E-state index contributed by atoms with van der Waals surface area (Å²) in [6.45, 7) is 0. The minimum absolute atomic E-state index is 0.174. The third kappa shape index (κ3) is 2.56. The maximum Gasteiger partial charge on any atom is 0.271 e. The molecule has 1 fully saturated rings. The summed E-state index contributed by atoms with van der Waals surface area (Å²) in [6.07, 6.45) is 0.385. The summed E-state index contributed by atoms with van der Waals surface area (Å²) >= 11 is 9.55. The van der Waals surface area contributed by atoms with E-state index in [1.165, 1.54) is 9.80 Å². The minimum Gasteiger partial charge on any atom is -0.321 e. The van der Waals surface area contributed by atoms with E-state index in [2.05, 4.69) is 21.2 Å². The Morgan fingerprint density at radius 3 is 2.70 bits per heavy atom. The van der Waals surface area contributed by atoms with Crippen molar-refractivity contribution in [3.8, 4) is 0 Å². The average Bonchev–Trinajstić information content (AvgIpc) is 3.01. The number of carbonyl (C=O) groups is 3. The first kappa shape index (κ1) is 18.0. The van der Waals surface area contributed by atoms with Gasteiger partial charge in [-0.1, -0.05) is 39.7 Å². The molecule has 1 atom stereocenters. The van der Waals surface area contributed by atoms with Gasteiger partial charge in [-0.3, -0.25) is 19.3 Å². The van der Waals surface area contributed by atoms with E-state index in [0.29, 0.717) is 22.0 Å². The summed E-state index contributed by atoms with van der Waals surface area (Å²) in [4.78, 5) is 41.7. The van der Waals surface area contributed by atoms with E-state index in [-0.39, 0.29) is 24.7 Å². The quantitative estimate of drug-likeness (QED) is 0.762. The van der Waals surface area contributed by atoms with Gasteiger partial charge in [0, 0.05) is 24.4 Å². The van der Waals surface area contributed by atoms with E-state index >= 15 is 0 Å². The summed E-state index contributed by atoms with van der Waals surface area (Å²) < 4.78 is 0.778. The van der Waals surface area contributed by atoms with Crippen LogP contribution in [0.5, 0.6) is 0 Å². The Morgan fingerprint density at radius 1 is 1.22 bits per heavy atom. The highest BCUT2D eigenvalue weighted by Crippen LogP contribution is 2.44. The average molecular weight is 449 g/mol. The lowest BCUT2D eigenvalue weighted by molar-refractivity contribution is -0.128. The lowest BCUT2D eigenvalue weighted by atomic mass is 9.96. The first-order valence-corrected chi connectivity index (χ1v) is 9.50. The fraction of sp³-hybridized carbons (Fsp3) is 0.211. The summed E-state index contributed by atoms with van der Waals surface area (Å²) in [6, 6.07) is 11.9. The summed E-state index contributed by atoms with van der Waals surface area (Å²) in [5.74, 6) is -0.963. The summed E-state index contributed by atoms with van der Waals surface area (Å²) in [7, 11) is 1.55. The standard InChI is InChI=1S/C19H15BrClN3O3/c1-23-17(26)12-4-2-3-5-15(12)24-16(25)8-9-19(23,24)18(27)22-14-7-6-11(20)10-13(14)21/h2-7,10H,8-9H2,1H3,(H,22,27)/t19-/m0/s1. The number of rotatable bonds is 2. The zero-order valence-corrected chi connectivity index (χ0v) is 16.7. The Bertz CT molecular complexity index is 996. The Balaban J connectivity index is 1.81. The molecule has 6 nitrogen and oxygen atoms in total. The minimum atomic E-state index is -1.42. The fourth-order valence-electron chi connectivity index (χ4n) is 3.74. The lowest BCUT2D eigenvalue weighted by Crippen LogP contribution is -2.68. The number of amides is 3. The van der Waals surface area contributed by atoms with Crippen molar-refractivity contribution in [1.29, 1.82) is 0 Å². The first-order chi connectivity index (χ1) is 12.9. The fourth-order valence-corrected chi connectivity index (χ4v) is 4.46. The van der Waals surface area contributed by atoms with Crippen LogP contribution in [-0.2, 0) is 9.59 Å². The number of halogens is 2. The van der Waals surface area contributed by atoms with Crippen LogP contribution in [0, 0.1) is 0 Å². The number of nitrogens with zero attached hydrogens (tertiary/aromatic N) is 2. The smallest absolute Gasteiger partial charge is 0.271 e. The van der Waals surface area contributed by atoms with Crippen LogP contribution < -0.4 is 10.2 Å². The molecular weight excluding hydrogens is 434 g/mol. The highest BCUT2D eigenvalue weighted by atomic mass is 79.9. The Hall–Kier alpha value is -2.38. The van der Waals surface area contributed by atoms with Crippen molar-refractivity contribution in [2.45, 2.75) is 18.5 Å². The molecule has 2 heterocycles. The number of fused-ring (bicyclic) bond motifs is 3. The Kier molecular flexibility index (Phi) is 4.24. The first-order valence-electron chi connectivity index (χ1n) is 8.33. The molecule has 8 heteroatoms. The second-order valence-corrected chi connectivity index (χ2v) is 7.83. The molecular formula is C19H15BrClN3O3. The molecule has 2 aromatic rings. The zero-order valence-electron chi connectivity index (χ0n) is 14.3. The molecule has 138 valence electrons. The SMILES string of the molecule is CN1C(=O)c2ccccc2N2C(=O)CC[C@]12C(=O)Nc1ccc(Br)cc1Cl. The number of nitrogens with one attached hydrogen (secondary N) is 1. The number of anilines is 2. The normalized spacial score (nSPS) is 21.1. The van der Waals surface area contributed by atoms with Crippen LogP contribution >= 0.6 is 27.5 Å². The Labute approximate surface area is 169 Å². The molecule has 1 saturated heterocycles. The molecule has 0 radical (unpaired) electrons. The van der Waals surface area contributed by atoms with Gasteiger partial charge in [0.15, 0.2) is 0 Å². The van der Waals surface area contributed by atoms with Gasteiger partial charge in [-0.25, -0.2) is 0 Å². The second kappa shape index (κ2) is 6.35. The van der Waals surface area contributed by atoms with Crippen molar-refractivity contribution >= 4 is 56.6 Å². The van der Waals surface area contributed by atoms with Crippen LogP contribution in [0.1, 0.15) is 23.2 Å². The molecule has 0 saturated carbocycles. The molecule has 2 aromatic carbocycles. The molecule has 0 unspecified atom stereocenters. The number of benzene rings is 2. The van der Waals surface area contributed by atoms with E-state index in [1.54, 1.807) is 49.5 Å². The maximum absolute atomic E-state index is 13.4. The topological polar surface area (TPSA) is 69.7 Å². The van der Waals surface area contributed by atoms with Gasteiger partial charge >= 0.3 is 0 Å². The number of hydrogen-bond acceptors (Lipinski definition) is 3. The largest absolute Gasteiger partial charge is 0.321 e. The third-order valence-corrected chi connectivity index (χ3v) is 5.89. The molecule has 1 N–H and O–H groups in total. The van der Waals surface area contributed by atoms with Gasteiger partial charge in [-0.15, -0.1) is 0 Å². The van der Waals surface area contributed by atoms with Crippen LogP contribution in [0.3, 0.4) is 0 Å². The van der Waals surface area contributed by atoms with Crippen molar-refractivity contribution < 1.29 is 14.4 Å². The van der Waals surface area contributed by atoms with Crippen molar-refractivity contribution in [3.05, 3.63) is 57.5 Å². The van der Waals surface area contributed by atoms with Crippen LogP contribution in [0.15, 0.2) is 46.9 Å². The van der Waals surface area contributed by atoms with E-state index in [1.807, 2.05) is 0 Å². The van der Waals surface area contributed by atoms with Gasteiger partial charge in [0.2, 0.25) is 11.6 Å². The molecule has 2 aliphatic heterocycles. The number of likely N-dealkylation sites (N-methyl/N-ethyl adjacent to an activating group) is 1. The van der Waals surface area contributed by atoms with E-state index < -0.39 is 11.6 Å². The van der Waals surface area contributed by atoms with Gasteiger partial charge in [-0.2, -0.15) is 0 Å². The van der Waals surface area contributed by atoms with Gasteiger partial charge in [0.25, 0.3) is 11.8 Å². The highest BCUT2D eigenvalue weighted by molar-refractivity contribution is 9.10. The van der Waals surface area contributed by atoms with Crippen LogP contribution in [-0.4, -0.2) is 35.3 Å². The molecule has 0 spiro atoms. The Morgan fingerprint density at radius 2 is 1.96 bits per heavy atom. The molecule has 27 heavy (non-hydrogen) atoms. The van der Waals surface area contributed by atoms with Crippen molar-refractivity contribution in [2.75, 3.05) is 17.3 Å². The van der Waals surface area contributed by atoms with Gasteiger partial charge in [0.05, 0.1) is 22.0 Å². The number of carbonyl (C=O) groups excluding carboxylic acids is 3. The predicted octanol–water partition coefficient (Wildman–Crippen LogP) is 3.65. The highest BCUT2D eigenvalue weighted by Gasteiger charge is 2.59. The van der Waals surface area contributed by atoms with Crippen molar-refractivity contribution in [2.24, 2.45) is 0 Å². The van der Waals surface area contributed by atoms with E-state index in [9.17, 15) is 14.4 Å². The summed E-state index contributed by atoms with van der Waals surface area (Å²) in [5.41, 5.74) is -0.141. The molecule has 4 rings (SSSR count). The van der Waals surface area contributed by atoms with Crippen LogP contribution in [0.4, 0.5) is 11.4 Å². The predicted molar refractivity (Wildman–Crippen MR) is 106 cm³/mol. The molecule has 0 bridgehead atoms. The summed E-state index contributed by atoms with van der Waals surface area (Å²) in [5, 5.41) is 3.15. The maximum atomic E-state index is 13.4. The van der Waals surface area contributed by atoms with Crippen molar-refractivity contribution in [3.63, 3.8) is 0 Å². The zero-order chi connectivity index (χ0) is 19.3. The monoisotopic (exact) mass is 447 g/mol. The van der Waals surface area contributed by atoms with Gasteiger partial charge in [-0.05, 0) is 30.3 Å². The van der Waals surface area contributed by atoms with Crippen molar-refractivity contribution in [1.82, 2.24) is 4.90 Å². The molecule has 0 aliphatic carbocycles. The lowest BCUT2D eigenvalue weighted by Gasteiger charge is -2.47.